The normalized spacial score (nSPS) is 24.5. The van der Waals surface area contributed by atoms with Crippen molar-refractivity contribution < 1.29 is 0 Å². The van der Waals surface area contributed by atoms with E-state index in [-0.39, 0.29) is 5.41 Å². The average molecular weight is 220 g/mol. The standard InChI is InChI=1S/C14H24N2/c1-9-11(10(2)16(8)15-9)14(7)12(3,4)13(14,5)6/h1-8H3. The van der Waals surface area contributed by atoms with Crippen LogP contribution in [-0.4, -0.2) is 9.78 Å². The first-order chi connectivity index (χ1) is 7.09. The number of hydrogen-bond donors (Lipinski definition) is 0. The fourth-order valence-electron chi connectivity index (χ4n) is 3.72. The Morgan fingerprint density at radius 3 is 1.62 bits per heavy atom. The summed E-state index contributed by atoms with van der Waals surface area (Å²) < 4.78 is 2.01. The number of aryl methyl sites for hydroxylation is 2. The van der Waals surface area contributed by atoms with Crippen molar-refractivity contribution in [3.8, 4) is 0 Å². The molecular formula is C14H24N2. The van der Waals surface area contributed by atoms with Gasteiger partial charge in [-0.2, -0.15) is 5.10 Å². The molecule has 0 radical (unpaired) electrons. The monoisotopic (exact) mass is 220 g/mol. The number of hydrogen-bond acceptors (Lipinski definition) is 1. The zero-order valence-electron chi connectivity index (χ0n) is 11.9. The molecule has 0 atom stereocenters. The minimum absolute atomic E-state index is 0.252. The number of nitrogens with zero attached hydrogens (tertiary/aromatic N) is 2. The van der Waals surface area contributed by atoms with Crippen LogP contribution < -0.4 is 0 Å². The van der Waals surface area contributed by atoms with Gasteiger partial charge >= 0.3 is 0 Å². The van der Waals surface area contributed by atoms with Crippen LogP contribution in [0.3, 0.4) is 0 Å². The second kappa shape index (κ2) is 2.72. The van der Waals surface area contributed by atoms with E-state index in [0.717, 1.165) is 0 Å². The molecule has 0 bridgehead atoms. The molecule has 1 heterocycles. The summed E-state index contributed by atoms with van der Waals surface area (Å²) in [5.41, 5.74) is 4.92. The van der Waals surface area contributed by atoms with Gasteiger partial charge < -0.3 is 0 Å². The first-order valence-corrected chi connectivity index (χ1v) is 6.09. The maximum Gasteiger partial charge on any atom is 0.0634 e. The molecule has 1 fully saturated rings. The van der Waals surface area contributed by atoms with Crippen LogP contribution in [0.15, 0.2) is 0 Å². The summed E-state index contributed by atoms with van der Waals surface area (Å²) in [6, 6.07) is 0. The zero-order chi connectivity index (χ0) is 12.5. The Morgan fingerprint density at radius 2 is 1.38 bits per heavy atom. The van der Waals surface area contributed by atoms with Crippen LogP contribution in [-0.2, 0) is 12.5 Å². The molecule has 1 aromatic rings. The van der Waals surface area contributed by atoms with Crippen molar-refractivity contribution in [2.45, 2.75) is 53.9 Å². The minimum Gasteiger partial charge on any atom is -0.272 e. The lowest BCUT2D eigenvalue weighted by Crippen LogP contribution is -2.14. The summed E-state index contributed by atoms with van der Waals surface area (Å²) in [4.78, 5) is 0. The van der Waals surface area contributed by atoms with Gasteiger partial charge in [-0.1, -0.05) is 34.6 Å². The molecule has 1 aromatic heterocycles. The fraction of sp³-hybridized carbons (Fsp3) is 0.786. The van der Waals surface area contributed by atoms with Gasteiger partial charge in [0.05, 0.1) is 5.69 Å². The van der Waals surface area contributed by atoms with Gasteiger partial charge in [-0.25, -0.2) is 0 Å². The molecule has 1 aliphatic rings. The smallest absolute Gasteiger partial charge is 0.0634 e. The van der Waals surface area contributed by atoms with Crippen LogP contribution in [0.25, 0.3) is 0 Å². The molecule has 0 saturated heterocycles. The van der Waals surface area contributed by atoms with Crippen LogP contribution >= 0.6 is 0 Å². The molecule has 2 heteroatoms. The lowest BCUT2D eigenvalue weighted by atomic mass is 9.86. The molecule has 0 N–H and O–H groups in total. The Hall–Kier alpha value is -0.790. The van der Waals surface area contributed by atoms with E-state index in [1.165, 1.54) is 17.0 Å². The highest BCUT2D eigenvalue weighted by molar-refractivity contribution is 5.47. The van der Waals surface area contributed by atoms with E-state index in [4.69, 9.17) is 0 Å². The molecule has 2 rings (SSSR count). The summed E-state index contributed by atoms with van der Waals surface area (Å²) in [6.45, 7) is 16.2. The highest BCUT2D eigenvalue weighted by atomic mass is 15.3. The van der Waals surface area contributed by atoms with Crippen molar-refractivity contribution in [2.75, 3.05) is 0 Å². The van der Waals surface area contributed by atoms with Gasteiger partial charge in [0.2, 0.25) is 0 Å². The molecule has 90 valence electrons. The Morgan fingerprint density at radius 1 is 0.938 bits per heavy atom. The van der Waals surface area contributed by atoms with Crippen molar-refractivity contribution in [3.05, 3.63) is 17.0 Å². The summed E-state index contributed by atoms with van der Waals surface area (Å²) in [5.74, 6) is 0. The van der Waals surface area contributed by atoms with E-state index in [2.05, 4.69) is 53.6 Å². The predicted octanol–water partition coefficient (Wildman–Crippen LogP) is 3.36. The van der Waals surface area contributed by atoms with E-state index in [1.807, 2.05) is 11.7 Å². The maximum absolute atomic E-state index is 4.56. The summed E-state index contributed by atoms with van der Waals surface area (Å²) in [6.07, 6.45) is 0. The van der Waals surface area contributed by atoms with Crippen LogP contribution in [0.5, 0.6) is 0 Å². The van der Waals surface area contributed by atoms with Gasteiger partial charge in [-0.3, -0.25) is 4.68 Å². The molecule has 16 heavy (non-hydrogen) atoms. The molecule has 1 saturated carbocycles. The molecule has 0 aliphatic heterocycles. The molecule has 0 amide bonds. The van der Waals surface area contributed by atoms with Gasteiger partial charge in [0.25, 0.3) is 0 Å². The Labute approximate surface area is 99.0 Å². The fourth-order valence-corrected chi connectivity index (χ4v) is 3.72. The summed E-state index contributed by atoms with van der Waals surface area (Å²) in [5, 5.41) is 4.56. The second-order valence-corrected chi connectivity index (χ2v) is 6.54. The first-order valence-electron chi connectivity index (χ1n) is 6.09. The Balaban J connectivity index is 2.64. The highest BCUT2D eigenvalue weighted by Crippen LogP contribution is 2.78. The van der Waals surface area contributed by atoms with Crippen LogP contribution in [0.4, 0.5) is 0 Å². The van der Waals surface area contributed by atoms with Gasteiger partial charge in [0.1, 0.15) is 0 Å². The molecule has 0 spiro atoms. The molecular weight excluding hydrogens is 196 g/mol. The van der Waals surface area contributed by atoms with Gasteiger partial charge in [-0.15, -0.1) is 0 Å². The van der Waals surface area contributed by atoms with Crippen molar-refractivity contribution in [1.29, 1.82) is 0 Å². The highest BCUT2D eigenvalue weighted by Gasteiger charge is 2.75. The SMILES string of the molecule is Cc1nn(C)c(C)c1C1(C)C(C)(C)C1(C)C. The van der Waals surface area contributed by atoms with Crippen LogP contribution in [0.1, 0.15) is 51.6 Å². The van der Waals surface area contributed by atoms with Crippen LogP contribution in [0, 0.1) is 24.7 Å². The van der Waals surface area contributed by atoms with Crippen molar-refractivity contribution in [2.24, 2.45) is 17.9 Å². The van der Waals surface area contributed by atoms with E-state index < -0.39 is 0 Å². The second-order valence-electron chi connectivity index (χ2n) is 6.54. The quantitative estimate of drug-likeness (QED) is 0.709. The molecule has 0 aromatic carbocycles. The lowest BCUT2D eigenvalue weighted by Gasteiger charge is -2.17. The average Bonchev–Trinajstić information content (AvgIpc) is 2.40. The van der Waals surface area contributed by atoms with Crippen LogP contribution in [0.2, 0.25) is 0 Å². The van der Waals surface area contributed by atoms with E-state index in [9.17, 15) is 0 Å². The number of aromatic nitrogens is 2. The third-order valence-electron chi connectivity index (χ3n) is 6.01. The topological polar surface area (TPSA) is 17.8 Å². The van der Waals surface area contributed by atoms with Crippen molar-refractivity contribution in [3.63, 3.8) is 0 Å². The van der Waals surface area contributed by atoms with E-state index >= 15 is 0 Å². The van der Waals surface area contributed by atoms with E-state index in [0.29, 0.717) is 10.8 Å². The maximum atomic E-state index is 4.56. The summed E-state index contributed by atoms with van der Waals surface area (Å²) >= 11 is 0. The zero-order valence-corrected chi connectivity index (χ0v) is 11.9. The van der Waals surface area contributed by atoms with Gasteiger partial charge in [0, 0.05) is 23.7 Å². The van der Waals surface area contributed by atoms with Gasteiger partial charge in [-0.05, 0) is 24.7 Å². The molecule has 2 nitrogen and oxygen atoms in total. The Kier molecular flexibility index (Phi) is 1.98. The predicted molar refractivity (Wildman–Crippen MR) is 67.6 cm³/mol. The molecule has 0 unspecified atom stereocenters. The number of rotatable bonds is 1. The Bertz CT molecular complexity index is 436. The van der Waals surface area contributed by atoms with E-state index in [1.54, 1.807) is 0 Å². The third-order valence-corrected chi connectivity index (χ3v) is 6.01. The summed E-state index contributed by atoms with van der Waals surface area (Å²) in [7, 11) is 2.04. The largest absolute Gasteiger partial charge is 0.272 e. The van der Waals surface area contributed by atoms with Crippen molar-refractivity contribution in [1.82, 2.24) is 9.78 Å². The first kappa shape index (κ1) is 11.7. The van der Waals surface area contributed by atoms with Gasteiger partial charge in [0.15, 0.2) is 0 Å². The van der Waals surface area contributed by atoms with Crippen molar-refractivity contribution >= 4 is 0 Å². The minimum atomic E-state index is 0.252. The third kappa shape index (κ3) is 0.922. The molecule has 1 aliphatic carbocycles. The lowest BCUT2D eigenvalue weighted by molar-refractivity contribution is 0.457.